The van der Waals surface area contributed by atoms with E-state index in [1.54, 1.807) is 0 Å². The second-order valence-corrected chi connectivity index (χ2v) is 9.37. The van der Waals surface area contributed by atoms with Gasteiger partial charge < -0.3 is 16.8 Å². The highest BCUT2D eigenvalue weighted by atomic mass is 35.5. The highest BCUT2D eigenvalue weighted by Crippen LogP contribution is 2.29. The van der Waals surface area contributed by atoms with Crippen molar-refractivity contribution < 1.29 is 0 Å². The molecule has 5 rings (SSSR count). The highest BCUT2D eigenvalue weighted by Gasteiger charge is 2.20. The minimum absolute atomic E-state index is 0. The van der Waals surface area contributed by atoms with E-state index in [0.29, 0.717) is 36.1 Å². The van der Waals surface area contributed by atoms with Gasteiger partial charge in [-0.1, -0.05) is 48.5 Å². The summed E-state index contributed by atoms with van der Waals surface area (Å²) in [6.45, 7) is 0.672. The number of halogens is 1. The molecule has 1 aliphatic rings. The molecule has 8 heteroatoms. The summed E-state index contributed by atoms with van der Waals surface area (Å²) in [5.41, 5.74) is 17.3. The first-order valence-electron chi connectivity index (χ1n) is 12.3. The lowest BCUT2D eigenvalue weighted by molar-refractivity contribution is 0.410. The Bertz CT molecular complexity index is 1220. The molecule has 2 aromatic heterocycles. The van der Waals surface area contributed by atoms with Gasteiger partial charge in [-0.25, -0.2) is 4.98 Å². The molecule has 1 aliphatic carbocycles. The number of nitrogens with two attached hydrogens (primary N) is 2. The third kappa shape index (κ3) is 5.99. The van der Waals surface area contributed by atoms with Crippen LogP contribution in [-0.4, -0.2) is 38.8 Å². The Morgan fingerprint density at radius 1 is 1.03 bits per heavy atom. The Labute approximate surface area is 212 Å². The van der Waals surface area contributed by atoms with Crippen LogP contribution in [0.4, 0.5) is 5.95 Å². The molecule has 0 amide bonds. The summed E-state index contributed by atoms with van der Waals surface area (Å²) >= 11 is 0. The molecule has 4 aromatic rings. The van der Waals surface area contributed by atoms with Gasteiger partial charge in [-0.3, -0.25) is 5.10 Å². The SMILES string of the molecule is Cl.NCCC(Cc1cccc(-c2[nH]nc3nc(NC4CCC(N)CC4)ncc23)c1)c1ccccc1. The largest absolute Gasteiger partial charge is 0.351 e. The zero-order valence-electron chi connectivity index (χ0n) is 19.9. The van der Waals surface area contributed by atoms with Gasteiger partial charge >= 0.3 is 0 Å². The summed E-state index contributed by atoms with van der Waals surface area (Å²) < 4.78 is 0. The third-order valence-corrected chi connectivity index (χ3v) is 6.90. The second kappa shape index (κ2) is 11.6. The monoisotopic (exact) mass is 491 g/mol. The topological polar surface area (TPSA) is 119 Å². The molecule has 0 bridgehead atoms. The fourth-order valence-electron chi connectivity index (χ4n) is 4.99. The zero-order chi connectivity index (χ0) is 23.3. The van der Waals surface area contributed by atoms with Gasteiger partial charge in [-0.05, 0) is 68.2 Å². The number of benzene rings is 2. The predicted octanol–water partition coefficient (Wildman–Crippen LogP) is 4.80. The summed E-state index contributed by atoms with van der Waals surface area (Å²) in [6.07, 6.45) is 7.95. The minimum Gasteiger partial charge on any atom is -0.351 e. The van der Waals surface area contributed by atoms with Crippen molar-refractivity contribution in [1.82, 2.24) is 20.2 Å². The number of hydrogen-bond donors (Lipinski definition) is 4. The van der Waals surface area contributed by atoms with Crippen LogP contribution in [0.25, 0.3) is 22.3 Å². The number of aromatic amines is 1. The van der Waals surface area contributed by atoms with Crippen molar-refractivity contribution in [1.29, 1.82) is 0 Å². The summed E-state index contributed by atoms with van der Waals surface area (Å²) in [6, 6.07) is 20.0. The average molecular weight is 492 g/mol. The summed E-state index contributed by atoms with van der Waals surface area (Å²) in [4.78, 5) is 9.25. The number of H-pyrrole nitrogens is 1. The maximum atomic E-state index is 6.03. The number of hydrogen-bond acceptors (Lipinski definition) is 6. The fourth-order valence-corrected chi connectivity index (χ4v) is 4.99. The van der Waals surface area contributed by atoms with Gasteiger partial charge in [0.15, 0.2) is 5.65 Å². The van der Waals surface area contributed by atoms with Gasteiger partial charge in [-0.2, -0.15) is 10.1 Å². The summed E-state index contributed by atoms with van der Waals surface area (Å²) in [7, 11) is 0. The summed E-state index contributed by atoms with van der Waals surface area (Å²) in [5, 5.41) is 12.0. The van der Waals surface area contributed by atoms with Gasteiger partial charge in [0.25, 0.3) is 0 Å². The molecular weight excluding hydrogens is 458 g/mol. The van der Waals surface area contributed by atoms with Gasteiger partial charge in [0.05, 0.1) is 11.1 Å². The molecule has 1 saturated carbocycles. The van der Waals surface area contributed by atoms with E-state index in [0.717, 1.165) is 55.2 Å². The first-order valence-corrected chi connectivity index (χ1v) is 12.3. The Morgan fingerprint density at radius 2 is 1.83 bits per heavy atom. The van der Waals surface area contributed by atoms with E-state index in [2.05, 4.69) is 80.1 Å². The quantitative estimate of drug-likeness (QED) is 0.281. The van der Waals surface area contributed by atoms with E-state index in [1.165, 1.54) is 11.1 Å². The third-order valence-electron chi connectivity index (χ3n) is 6.90. The fraction of sp³-hybridized carbons (Fsp3) is 0.370. The van der Waals surface area contributed by atoms with Crippen LogP contribution in [0, 0.1) is 0 Å². The first-order chi connectivity index (χ1) is 16.7. The smallest absolute Gasteiger partial charge is 0.224 e. The van der Waals surface area contributed by atoms with Crippen LogP contribution in [0.5, 0.6) is 0 Å². The molecule has 1 atom stereocenters. The first kappa shape index (κ1) is 25.1. The maximum absolute atomic E-state index is 6.03. The highest BCUT2D eigenvalue weighted by molar-refractivity contribution is 5.90. The van der Waals surface area contributed by atoms with Gasteiger partial charge in [0, 0.05) is 23.8 Å². The van der Waals surface area contributed by atoms with Crippen LogP contribution < -0.4 is 16.8 Å². The molecule has 0 radical (unpaired) electrons. The van der Waals surface area contributed by atoms with Crippen molar-refractivity contribution >= 4 is 29.4 Å². The van der Waals surface area contributed by atoms with E-state index in [4.69, 9.17) is 11.5 Å². The van der Waals surface area contributed by atoms with Crippen molar-refractivity contribution in [3.8, 4) is 11.3 Å². The number of aromatic nitrogens is 4. The van der Waals surface area contributed by atoms with Crippen molar-refractivity contribution in [2.24, 2.45) is 11.5 Å². The van der Waals surface area contributed by atoms with E-state index in [9.17, 15) is 0 Å². The van der Waals surface area contributed by atoms with Crippen LogP contribution in [0.15, 0.2) is 60.8 Å². The number of nitrogens with zero attached hydrogens (tertiary/aromatic N) is 3. The average Bonchev–Trinajstić information content (AvgIpc) is 3.29. The van der Waals surface area contributed by atoms with Crippen LogP contribution >= 0.6 is 12.4 Å². The second-order valence-electron chi connectivity index (χ2n) is 9.37. The van der Waals surface area contributed by atoms with E-state index >= 15 is 0 Å². The van der Waals surface area contributed by atoms with Crippen molar-refractivity contribution in [3.05, 3.63) is 71.9 Å². The van der Waals surface area contributed by atoms with Gasteiger partial charge in [0.1, 0.15) is 0 Å². The lowest BCUT2D eigenvalue weighted by Gasteiger charge is -2.26. The maximum Gasteiger partial charge on any atom is 0.224 e. The number of nitrogens with one attached hydrogen (secondary N) is 2. The molecule has 35 heavy (non-hydrogen) atoms. The number of rotatable bonds is 8. The van der Waals surface area contributed by atoms with Crippen molar-refractivity contribution in [2.75, 3.05) is 11.9 Å². The van der Waals surface area contributed by atoms with Crippen LogP contribution in [0.1, 0.15) is 49.1 Å². The van der Waals surface area contributed by atoms with Crippen LogP contribution in [0.2, 0.25) is 0 Å². The molecular formula is C27H34ClN7. The minimum atomic E-state index is 0. The molecule has 7 nitrogen and oxygen atoms in total. The van der Waals surface area contributed by atoms with Gasteiger partial charge in [0.2, 0.25) is 5.95 Å². The molecule has 0 saturated heterocycles. The molecule has 2 heterocycles. The number of anilines is 1. The Balaban J connectivity index is 0.00000289. The van der Waals surface area contributed by atoms with Crippen LogP contribution in [-0.2, 0) is 6.42 Å². The van der Waals surface area contributed by atoms with Gasteiger partial charge in [-0.15, -0.1) is 12.4 Å². The number of fused-ring (bicyclic) bond motifs is 1. The standard InChI is InChI=1S/C27H33N7.ClH/c28-14-13-20(19-6-2-1-3-7-19)15-18-5-4-8-21(16-18)25-24-17-30-27(32-26(24)34-33-25)31-23-11-9-22(29)10-12-23;/h1-8,16-17,20,22-23H,9-15,28-29H2,(H2,30,31,32,33,34);1H. The van der Waals surface area contributed by atoms with Crippen LogP contribution in [0.3, 0.4) is 0 Å². The van der Waals surface area contributed by atoms with E-state index in [-0.39, 0.29) is 12.4 Å². The normalized spacial score (nSPS) is 18.7. The molecule has 1 fully saturated rings. The molecule has 1 unspecified atom stereocenters. The lowest BCUT2D eigenvalue weighted by atomic mass is 9.88. The zero-order valence-corrected chi connectivity index (χ0v) is 20.7. The molecule has 0 aliphatic heterocycles. The molecule has 6 N–H and O–H groups in total. The molecule has 184 valence electrons. The van der Waals surface area contributed by atoms with Crippen molar-refractivity contribution in [2.45, 2.75) is 56.5 Å². The van der Waals surface area contributed by atoms with Crippen molar-refractivity contribution in [3.63, 3.8) is 0 Å². The Morgan fingerprint density at radius 3 is 2.60 bits per heavy atom. The van der Waals surface area contributed by atoms with E-state index in [1.807, 2.05) is 6.20 Å². The Kier molecular flexibility index (Phi) is 8.33. The lowest BCUT2D eigenvalue weighted by Crippen LogP contribution is -2.33. The van der Waals surface area contributed by atoms with E-state index < -0.39 is 0 Å². The summed E-state index contributed by atoms with van der Waals surface area (Å²) in [5.74, 6) is 1.03. The molecule has 0 spiro atoms. The predicted molar refractivity (Wildman–Crippen MR) is 145 cm³/mol. The Hall–Kier alpha value is -3.00. The molecule has 2 aromatic carbocycles.